The van der Waals surface area contributed by atoms with Crippen LogP contribution in [0, 0.1) is 5.82 Å². The average molecular weight is 346 g/mol. The number of rotatable bonds is 5. The van der Waals surface area contributed by atoms with Crippen molar-refractivity contribution in [2.45, 2.75) is 6.10 Å². The molecule has 1 heterocycles. The van der Waals surface area contributed by atoms with E-state index < -0.39 is 17.8 Å². The largest absolute Gasteiger partial charge is 0.381 e. The van der Waals surface area contributed by atoms with Crippen molar-refractivity contribution >= 4 is 38.8 Å². The minimum absolute atomic E-state index is 0.128. The number of anilines is 1. The number of nitrogens with zero attached hydrogens (tertiary/aromatic N) is 1. The second-order valence-electron chi connectivity index (χ2n) is 4.04. The maximum atomic E-state index is 13.4. The van der Waals surface area contributed by atoms with Gasteiger partial charge in [-0.15, -0.1) is 0 Å². The Morgan fingerprint density at radius 1 is 1.55 bits per heavy atom. The number of methoxy groups -OCH3 is 2. The van der Waals surface area contributed by atoms with E-state index in [0.29, 0.717) is 15.5 Å². The highest BCUT2D eigenvalue weighted by molar-refractivity contribution is 9.10. The topological polar surface area (TPSA) is 76.2 Å². The number of imidazole rings is 1. The van der Waals surface area contributed by atoms with Crippen molar-refractivity contribution in [2.24, 2.45) is 0 Å². The van der Waals surface area contributed by atoms with Crippen LogP contribution in [0.4, 0.5) is 10.3 Å². The molecule has 0 saturated heterocycles. The molecule has 8 heteroatoms. The Hall–Kier alpha value is -1.51. The van der Waals surface area contributed by atoms with E-state index in [1.54, 1.807) is 0 Å². The van der Waals surface area contributed by atoms with E-state index in [9.17, 15) is 9.18 Å². The molecule has 1 amide bonds. The lowest BCUT2D eigenvalue weighted by Crippen LogP contribution is -2.33. The van der Waals surface area contributed by atoms with Crippen LogP contribution in [0.1, 0.15) is 0 Å². The zero-order valence-corrected chi connectivity index (χ0v) is 12.5. The van der Waals surface area contributed by atoms with Crippen molar-refractivity contribution in [3.8, 4) is 0 Å². The quantitative estimate of drug-likeness (QED) is 0.869. The number of aromatic nitrogens is 2. The van der Waals surface area contributed by atoms with Crippen molar-refractivity contribution in [2.75, 3.05) is 26.1 Å². The Bertz CT molecular complexity index is 593. The maximum absolute atomic E-state index is 13.4. The number of halogens is 2. The summed E-state index contributed by atoms with van der Waals surface area (Å²) in [6, 6.07) is 2.82. The molecule has 108 valence electrons. The molecular weight excluding hydrogens is 333 g/mol. The van der Waals surface area contributed by atoms with Gasteiger partial charge in [-0.3, -0.25) is 10.1 Å². The molecule has 20 heavy (non-hydrogen) atoms. The van der Waals surface area contributed by atoms with Gasteiger partial charge in [0.25, 0.3) is 5.91 Å². The molecule has 2 aromatic rings. The highest BCUT2D eigenvalue weighted by Crippen LogP contribution is 2.23. The zero-order valence-electron chi connectivity index (χ0n) is 10.9. The Morgan fingerprint density at radius 3 is 2.95 bits per heavy atom. The number of H-pyrrole nitrogens is 1. The maximum Gasteiger partial charge on any atom is 0.258 e. The molecule has 2 rings (SSSR count). The summed E-state index contributed by atoms with van der Waals surface area (Å²) in [6.07, 6.45) is -0.739. The lowest BCUT2D eigenvalue weighted by molar-refractivity contribution is -0.128. The highest BCUT2D eigenvalue weighted by Gasteiger charge is 2.19. The summed E-state index contributed by atoms with van der Waals surface area (Å²) < 4.78 is 23.6. The third-order valence-electron chi connectivity index (χ3n) is 2.66. The van der Waals surface area contributed by atoms with Gasteiger partial charge in [0.1, 0.15) is 5.82 Å². The smallest absolute Gasteiger partial charge is 0.258 e. The van der Waals surface area contributed by atoms with Gasteiger partial charge in [-0.1, -0.05) is 0 Å². The van der Waals surface area contributed by atoms with Gasteiger partial charge >= 0.3 is 0 Å². The van der Waals surface area contributed by atoms with Gasteiger partial charge in [0.2, 0.25) is 5.95 Å². The fraction of sp³-hybridized carbons (Fsp3) is 0.333. The summed E-state index contributed by atoms with van der Waals surface area (Å²) in [4.78, 5) is 18.9. The third kappa shape index (κ3) is 3.14. The van der Waals surface area contributed by atoms with Gasteiger partial charge in [0, 0.05) is 20.3 Å². The monoisotopic (exact) mass is 345 g/mol. The molecule has 0 aliphatic carbocycles. The Balaban J connectivity index is 2.19. The van der Waals surface area contributed by atoms with Crippen molar-refractivity contribution in [3.63, 3.8) is 0 Å². The molecule has 1 atom stereocenters. The lowest BCUT2D eigenvalue weighted by atomic mass is 10.3. The fourth-order valence-electron chi connectivity index (χ4n) is 1.66. The van der Waals surface area contributed by atoms with Gasteiger partial charge in [-0.2, -0.15) is 0 Å². The van der Waals surface area contributed by atoms with E-state index in [2.05, 4.69) is 31.2 Å². The van der Waals surface area contributed by atoms with Gasteiger partial charge < -0.3 is 14.5 Å². The van der Waals surface area contributed by atoms with E-state index in [4.69, 9.17) is 9.47 Å². The number of ether oxygens (including phenoxy) is 2. The molecule has 2 N–H and O–H groups in total. The molecule has 0 radical (unpaired) electrons. The first-order valence-electron chi connectivity index (χ1n) is 5.72. The predicted octanol–water partition coefficient (Wildman–Crippen LogP) is 2.06. The van der Waals surface area contributed by atoms with Crippen molar-refractivity contribution < 1.29 is 18.7 Å². The highest BCUT2D eigenvalue weighted by atomic mass is 79.9. The molecule has 0 aliphatic heterocycles. The van der Waals surface area contributed by atoms with E-state index in [1.807, 2.05) is 0 Å². The SMILES string of the molecule is COCC(OC)C(=O)Nc1nc2cc(Br)c(F)cc2[nH]1. The van der Waals surface area contributed by atoms with Crippen LogP contribution in [0.15, 0.2) is 16.6 Å². The summed E-state index contributed by atoms with van der Waals surface area (Å²) in [6.45, 7) is 0.128. The molecule has 1 unspecified atom stereocenters. The molecule has 1 aromatic heterocycles. The van der Waals surface area contributed by atoms with Crippen LogP contribution < -0.4 is 5.32 Å². The van der Waals surface area contributed by atoms with Gasteiger partial charge in [-0.25, -0.2) is 9.37 Å². The van der Waals surface area contributed by atoms with Gasteiger partial charge in [0.05, 0.1) is 22.1 Å². The van der Waals surface area contributed by atoms with Crippen molar-refractivity contribution in [1.29, 1.82) is 0 Å². The van der Waals surface area contributed by atoms with E-state index in [1.165, 1.54) is 26.4 Å². The van der Waals surface area contributed by atoms with Crippen molar-refractivity contribution in [3.05, 3.63) is 22.4 Å². The molecule has 0 spiro atoms. The molecule has 1 aromatic carbocycles. The number of aromatic amines is 1. The number of carbonyl (C=O) groups is 1. The van der Waals surface area contributed by atoms with Crippen molar-refractivity contribution in [1.82, 2.24) is 9.97 Å². The number of nitrogens with one attached hydrogen (secondary N) is 2. The molecule has 0 saturated carbocycles. The average Bonchev–Trinajstić information content (AvgIpc) is 2.77. The van der Waals surface area contributed by atoms with Crippen LogP contribution in [0.5, 0.6) is 0 Å². The second kappa shape index (κ2) is 6.29. The Morgan fingerprint density at radius 2 is 2.30 bits per heavy atom. The molecular formula is C12H13BrFN3O3. The molecule has 0 fully saturated rings. The van der Waals surface area contributed by atoms with Crippen LogP contribution >= 0.6 is 15.9 Å². The summed E-state index contributed by atoms with van der Waals surface area (Å²) in [5.41, 5.74) is 1.02. The van der Waals surface area contributed by atoms with Crippen LogP contribution in [-0.2, 0) is 14.3 Å². The van der Waals surface area contributed by atoms with Crippen LogP contribution in [0.25, 0.3) is 11.0 Å². The number of fused-ring (bicyclic) bond motifs is 1. The number of benzene rings is 1. The normalized spacial score (nSPS) is 12.6. The molecule has 0 aliphatic rings. The Labute approximate surface area is 122 Å². The fourth-order valence-corrected chi connectivity index (χ4v) is 1.99. The summed E-state index contributed by atoms with van der Waals surface area (Å²) in [5.74, 6) is -0.582. The first kappa shape index (κ1) is 14.9. The van der Waals surface area contributed by atoms with Crippen LogP contribution in [0.2, 0.25) is 0 Å². The third-order valence-corrected chi connectivity index (χ3v) is 3.27. The zero-order chi connectivity index (χ0) is 14.7. The Kier molecular flexibility index (Phi) is 4.69. The summed E-state index contributed by atoms with van der Waals surface area (Å²) in [5, 5.41) is 2.56. The summed E-state index contributed by atoms with van der Waals surface area (Å²) in [7, 11) is 2.88. The number of carbonyl (C=O) groups excluding carboxylic acids is 1. The standard InChI is InChI=1S/C12H13BrFN3O3/c1-19-5-10(20-2)11(18)17-12-15-8-3-6(13)7(14)4-9(8)16-12/h3-4,10H,5H2,1-2H3,(H2,15,16,17,18). The first-order chi connectivity index (χ1) is 9.55. The van der Waals surface area contributed by atoms with Gasteiger partial charge in [0.15, 0.2) is 6.10 Å². The van der Waals surface area contributed by atoms with E-state index in [-0.39, 0.29) is 12.6 Å². The second-order valence-corrected chi connectivity index (χ2v) is 4.89. The number of hydrogen-bond donors (Lipinski definition) is 2. The van der Waals surface area contributed by atoms with Gasteiger partial charge in [-0.05, 0) is 22.0 Å². The van der Waals surface area contributed by atoms with Crippen LogP contribution in [-0.4, -0.2) is 42.8 Å². The summed E-state index contributed by atoms with van der Waals surface area (Å²) >= 11 is 3.08. The number of hydrogen-bond acceptors (Lipinski definition) is 4. The lowest BCUT2D eigenvalue weighted by Gasteiger charge is -2.12. The first-order valence-corrected chi connectivity index (χ1v) is 6.51. The molecule has 0 bridgehead atoms. The van der Waals surface area contributed by atoms with E-state index >= 15 is 0 Å². The minimum atomic E-state index is -0.739. The predicted molar refractivity (Wildman–Crippen MR) is 75.1 cm³/mol. The van der Waals surface area contributed by atoms with E-state index in [0.717, 1.165) is 0 Å². The molecule has 6 nitrogen and oxygen atoms in total. The number of amides is 1. The minimum Gasteiger partial charge on any atom is -0.381 e. The van der Waals surface area contributed by atoms with Crippen LogP contribution in [0.3, 0.4) is 0 Å².